The molecule has 0 aliphatic heterocycles. The van der Waals surface area contributed by atoms with Gasteiger partial charge in [0.2, 0.25) is 0 Å². The zero-order valence-corrected chi connectivity index (χ0v) is 13.1. The second kappa shape index (κ2) is 6.66. The van der Waals surface area contributed by atoms with E-state index in [-0.39, 0.29) is 5.41 Å². The van der Waals surface area contributed by atoms with Gasteiger partial charge in [0.05, 0.1) is 0 Å². The maximum Gasteiger partial charge on any atom is 0.0346 e. The summed E-state index contributed by atoms with van der Waals surface area (Å²) >= 11 is 0. The molecule has 0 aliphatic rings. The Morgan fingerprint density at radius 3 is 1.90 bits per heavy atom. The van der Waals surface area contributed by atoms with Gasteiger partial charge in [-0.25, -0.2) is 0 Å². The Kier molecular flexibility index (Phi) is 4.89. The molecule has 0 bridgehead atoms. The Bertz CT molecular complexity index is 592. The standard InChI is InChI=1S/C19H26N2/c1-3-19(2,14-16-9-5-7-11-18(16)21)13-12-15-8-4-6-10-17(15)20/h4-11H,3,12-14,20-21H2,1-2H3. The minimum Gasteiger partial charge on any atom is -0.399 e. The minimum absolute atomic E-state index is 0.248. The third-order valence-electron chi connectivity index (χ3n) is 4.58. The van der Waals surface area contributed by atoms with Crippen molar-refractivity contribution in [3.63, 3.8) is 0 Å². The van der Waals surface area contributed by atoms with Crippen molar-refractivity contribution < 1.29 is 0 Å². The fraction of sp³-hybridized carbons (Fsp3) is 0.368. The SMILES string of the molecule is CCC(C)(CCc1ccccc1N)Cc1ccccc1N. The molecule has 0 aliphatic carbocycles. The van der Waals surface area contributed by atoms with Crippen molar-refractivity contribution >= 4 is 11.4 Å². The quantitative estimate of drug-likeness (QED) is 0.769. The van der Waals surface area contributed by atoms with E-state index in [4.69, 9.17) is 11.5 Å². The number of aryl methyl sites for hydroxylation is 1. The maximum atomic E-state index is 6.09. The van der Waals surface area contributed by atoms with Crippen molar-refractivity contribution in [2.24, 2.45) is 5.41 Å². The summed E-state index contributed by atoms with van der Waals surface area (Å²) in [7, 11) is 0. The molecule has 0 spiro atoms. The molecule has 0 saturated heterocycles. The van der Waals surface area contributed by atoms with Gasteiger partial charge in [-0.1, -0.05) is 56.7 Å². The van der Waals surface area contributed by atoms with E-state index in [2.05, 4.69) is 38.1 Å². The van der Waals surface area contributed by atoms with Crippen LogP contribution in [-0.4, -0.2) is 0 Å². The first-order valence-corrected chi connectivity index (χ1v) is 7.71. The second-order valence-corrected chi connectivity index (χ2v) is 6.24. The molecule has 2 aromatic rings. The molecular weight excluding hydrogens is 256 g/mol. The predicted octanol–water partition coefficient (Wildman–Crippen LogP) is 4.44. The molecule has 112 valence electrons. The zero-order chi connectivity index (χ0) is 15.3. The molecule has 0 fully saturated rings. The third kappa shape index (κ3) is 4.01. The lowest BCUT2D eigenvalue weighted by Crippen LogP contribution is -2.20. The number of hydrogen-bond donors (Lipinski definition) is 2. The number of nitrogen functional groups attached to an aromatic ring is 2. The first-order chi connectivity index (χ1) is 10.0. The maximum absolute atomic E-state index is 6.09. The van der Waals surface area contributed by atoms with Gasteiger partial charge in [0.1, 0.15) is 0 Å². The molecule has 0 saturated carbocycles. The van der Waals surface area contributed by atoms with E-state index in [0.29, 0.717) is 0 Å². The average molecular weight is 282 g/mol. The van der Waals surface area contributed by atoms with Gasteiger partial charge in [0, 0.05) is 11.4 Å². The van der Waals surface area contributed by atoms with Gasteiger partial charge in [0.25, 0.3) is 0 Å². The van der Waals surface area contributed by atoms with Crippen molar-refractivity contribution in [1.29, 1.82) is 0 Å². The lowest BCUT2D eigenvalue weighted by atomic mass is 9.76. The Morgan fingerprint density at radius 2 is 1.38 bits per heavy atom. The van der Waals surface area contributed by atoms with Crippen LogP contribution in [0.15, 0.2) is 48.5 Å². The number of benzene rings is 2. The molecule has 0 aromatic heterocycles. The van der Waals surface area contributed by atoms with Crippen LogP contribution in [0.5, 0.6) is 0 Å². The lowest BCUT2D eigenvalue weighted by Gasteiger charge is -2.29. The van der Waals surface area contributed by atoms with E-state index in [9.17, 15) is 0 Å². The van der Waals surface area contributed by atoms with E-state index in [0.717, 1.165) is 37.1 Å². The fourth-order valence-corrected chi connectivity index (χ4v) is 2.74. The van der Waals surface area contributed by atoms with Crippen molar-refractivity contribution in [1.82, 2.24) is 0 Å². The summed E-state index contributed by atoms with van der Waals surface area (Å²) in [5, 5.41) is 0. The Balaban J connectivity index is 2.08. The summed E-state index contributed by atoms with van der Waals surface area (Å²) in [6, 6.07) is 16.3. The zero-order valence-electron chi connectivity index (χ0n) is 13.1. The van der Waals surface area contributed by atoms with Gasteiger partial charge in [-0.3, -0.25) is 0 Å². The smallest absolute Gasteiger partial charge is 0.0346 e. The van der Waals surface area contributed by atoms with E-state index in [1.165, 1.54) is 11.1 Å². The fourth-order valence-electron chi connectivity index (χ4n) is 2.74. The van der Waals surface area contributed by atoms with Crippen LogP contribution in [-0.2, 0) is 12.8 Å². The molecular formula is C19H26N2. The Morgan fingerprint density at radius 1 is 0.857 bits per heavy atom. The molecule has 21 heavy (non-hydrogen) atoms. The van der Waals surface area contributed by atoms with Crippen LogP contribution in [0, 0.1) is 5.41 Å². The highest BCUT2D eigenvalue weighted by Crippen LogP contribution is 2.34. The van der Waals surface area contributed by atoms with Gasteiger partial charge in [-0.05, 0) is 47.9 Å². The summed E-state index contributed by atoms with van der Waals surface area (Å²) < 4.78 is 0. The Labute approximate surface area is 128 Å². The van der Waals surface area contributed by atoms with Gasteiger partial charge in [-0.2, -0.15) is 0 Å². The first-order valence-electron chi connectivity index (χ1n) is 7.71. The van der Waals surface area contributed by atoms with Crippen LogP contribution < -0.4 is 11.5 Å². The highest BCUT2D eigenvalue weighted by molar-refractivity contribution is 5.47. The summed E-state index contributed by atoms with van der Waals surface area (Å²) in [5.41, 5.74) is 16.7. The number of rotatable bonds is 6. The molecule has 0 heterocycles. The van der Waals surface area contributed by atoms with Crippen molar-refractivity contribution in [3.05, 3.63) is 59.7 Å². The number of nitrogens with two attached hydrogens (primary N) is 2. The van der Waals surface area contributed by atoms with Gasteiger partial charge < -0.3 is 11.5 Å². The molecule has 2 heteroatoms. The molecule has 1 atom stereocenters. The second-order valence-electron chi connectivity index (χ2n) is 6.24. The van der Waals surface area contributed by atoms with Crippen LogP contribution in [0.4, 0.5) is 11.4 Å². The van der Waals surface area contributed by atoms with Gasteiger partial charge in [-0.15, -0.1) is 0 Å². The number of hydrogen-bond acceptors (Lipinski definition) is 2. The van der Waals surface area contributed by atoms with E-state index in [1.54, 1.807) is 0 Å². The van der Waals surface area contributed by atoms with Crippen molar-refractivity contribution in [3.8, 4) is 0 Å². The van der Waals surface area contributed by atoms with Crippen LogP contribution in [0.1, 0.15) is 37.8 Å². The van der Waals surface area contributed by atoms with Crippen LogP contribution in [0.25, 0.3) is 0 Å². The molecule has 4 N–H and O–H groups in total. The van der Waals surface area contributed by atoms with E-state index >= 15 is 0 Å². The normalized spacial score (nSPS) is 13.8. The first kappa shape index (κ1) is 15.4. The summed E-state index contributed by atoms with van der Waals surface area (Å²) in [5.74, 6) is 0. The molecule has 0 radical (unpaired) electrons. The van der Waals surface area contributed by atoms with Gasteiger partial charge >= 0.3 is 0 Å². The highest BCUT2D eigenvalue weighted by Gasteiger charge is 2.23. The summed E-state index contributed by atoms with van der Waals surface area (Å²) in [6.07, 6.45) is 4.28. The highest BCUT2D eigenvalue weighted by atomic mass is 14.6. The van der Waals surface area contributed by atoms with E-state index in [1.807, 2.05) is 24.3 Å². The third-order valence-corrected chi connectivity index (χ3v) is 4.58. The molecule has 0 amide bonds. The molecule has 2 aromatic carbocycles. The topological polar surface area (TPSA) is 52.0 Å². The van der Waals surface area contributed by atoms with Crippen LogP contribution in [0.2, 0.25) is 0 Å². The van der Waals surface area contributed by atoms with Crippen molar-refractivity contribution in [2.45, 2.75) is 39.5 Å². The van der Waals surface area contributed by atoms with Crippen LogP contribution >= 0.6 is 0 Å². The summed E-state index contributed by atoms with van der Waals surface area (Å²) in [4.78, 5) is 0. The minimum atomic E-state index is 0.248. The number of anilines is 2. The monoisotopic (exact) mass is 282 g/mol. The van der Waals surface area contributed by atoms with Crippen LogP contribution in [0.3, 0.4) is 0 Å². The summed E-state index contributed by atoms with van der Waals surface area (Å²) in [6.45, 7) is 4.60. The lowest BCUT2D eigenvalue weighted by molar-refractivity contribution is 0.283. The largest absolute Gasteiger partial charge is 0.399 e. The molecule has 2 nitrogen and oxygen atoms in total. The predicted molar refractivity (Wildman–Crippen MR) is 92.1 cm³/mol. The van der Waals surface area contributed by atoms with Crippen molar-refractivity contribution in [2.75, 3.05) is 11.5 Å². The van der Waals surface area contributed by atoms with Gasteiger partial charge in [0.15, 0.2) is 0 Å². The average Bonchev–Trinajstić information content (AvgIpc) is 2.49. The molecule has 2 rings (SSSR count). The number of para-hydroxylation sites is 2. The van der Waals surface area contributed by atoms with E-state index < -0.39 is 0 Å². The molecule has 1 unspecified atom stereocenters. The Hall–Kier alpha value is -1.96.